The lowest BCUT2D eigenvalue weighted by Crippen LogP contribution is -2.27. The Balaban J connectivity index is 2.39. The molecule has 1 amide bonds. The Labute approximate surface area is 119 Å². The standard InChI is InChI=1S/C15H19N3O2/c1-20-9-5-8-18-15(19)14(10-16)12-17-11-13-6-3-2-4-7-13/h2-4,6-7,12,17H,5,8-9,11H2,1H3,(H,18,19)/b14-12-. The summed E-state index contributed by atoms with van der Waals surface area (Å²) in [5.74, 6) is -0.371. The second-order valence-electron chi connectivity index (χ2n) is 4.14. The Morgan fingerprint density at radius 2 is 2.15 bits per heavy atom. The first-order chi connectivity index (χ1) is 9.77. The molecule has 0 aliphatic heterocycles. The lowest BCUT2D eigenvalue weighted by molar-refractivity contribution is -0.117. The van der Waals surface area contributed by atoms with Crippen LogP contribution in [0.15, 0.2) is 42.1 Å². The first-order valence-electron chi connectivity index (χ1n) is 6.42. The van der Waals surface area contributed by atoms with E-state index in [9.17, 15) is 4.79 Å². The van der Waals surface area contributed by atoms with Crippen molar-refractivity contribution in [2.75, 3.05) is 20.3 Å². The van der Waals surface area contributed by atoms with Crippen LogP contribution in [-0.2, 0) is 16.1 Å². The second-order valence-corrected chi connectivity index (χ2v) is 4.14. The second kappa shape index (κ2) is 9.59. The summed E-state index contributed by atoms with van der Waals surface area (Å²) in [4.78, 5) is 11.7. The van der Waals surface area contributed by atoms with Gasteiger partial charge in [0, 0.05) is 33.0 Å². The molecule has 1 aromatic rings. The Kier molecular flexibility index (Phi) is 7.55. The summed E-state index contributed by atoms with van der Waals surface area (Å²) >= 11 is 0. The van der Waals surface area contributed by atoms with E-state index in [0.717, 1.165) is 12.0 Å². The minimum atomic E-state index is -0.371. The summed E-state index contributed by atoms with van der Waals surface area (Å²) in [6.45, 7) is 1.64. The Morgan fingerprint density at radius 1 is 1.40 bits per heavy atom. The topological polar surface area (TPSA) is 74.1 Å². The average molecular weight is 273 g/mol. The zero-order valence-corrected chi connectivity index (χ0v) is 11.6. The van der Waals surface area contributed by atoms with Gasteiger partial charge in [0.25, 0.3) is 5.91 Å². The van der Waals surface area contributed by atoms with Crippen LogP contribution in [0.2, 0.25) is 0 Å². The number of ether oxygens (including phenoxy) is 1. The van der Waals surface area contributed by atoms with Crippen LogP contribution < -0.4 is 10.6 Å². The molecular formula is C15H19N3O2. The number of methoxy groups -OCH3 is 1. The number of rotatable bonds is 8. The molecule has 0 fully saturated rings. The largest absolute Gasteiger partial charge is 0.386 e. The molecule has 106 valence electrons. The van der Waals surface area contributed by atoms with E-state index in [1.165, 1.54) is 6.20 Å². The summed E-state index contributed by atoms with van der Waals surface area (Å²) in [7, 11) is 1.61. The van der Waals surface area contributed by atoms with E-state index in [-0.39, 0.29) is 11.5 Å². The van der Waals surface area contributed by atoms with Gasteiger partial charge >= 0.3 is 0 Å². The van der Waals surface area contributed by atoms with E-state index >= 15 is 0 Å². The van der Waals surface area contributed by atoms with E-state index in [1.54, 1.807) is 7.11 Å². The number of carbonyl (C=O) groups is 1. The first kappa shape index (κ1) is 15.7. The summed E-state index contributed by atoms with van der Waals surface area (Å²) in [6.07, 6.45) is 2.16. The van der Waals surface area contributed by atoms with Crippen LogP contribution in [0.5, 0.6) is 0 Å². The van der Waals surface area contributed by atoms with Gasteiger partial charge in [-0.3, -0.25) is 4.79 Å². The SMILES string of the molecule is COCCCNC(=O)/C(C#N)=C\NCc1ccccc1. The molecule has 5 heteroatoms. The van der Waals surface area contributed by atoms with Crippen molar-refractivity contribution in [2.24, 2.45) is 0 Å². The highest BCUT2D eigenvalue weighted by molar-refractivity contribution is 5.97. The number of hydrogen-bond acceptors (Lipinski definition) is 4. The molecule has 0 heterocycles. The molecule has 0 aliphatic carbocycles. The summed E-state index contributed by atoms with van der Waals surface area (Å²) in [6, 6.07) is 11.6. The zero-order valence-electron chi connectivity index (χ0n) is 11.6. The maximum Gasteiger partial charge on any atom is 0.263 e. The van der Waals surface area contributed by atoms with Crippen molar-refractivity contribution in [3.63, 3.8) is 0 Å². The average Bonchev–Trinajstić information content (AvgIpc) is 2.49. The summed E-state index contributed by atoms with van der Waals surface area (Å²) < 4.78 is 4.88. The minimum absolute atomic E-state index is 0.0679. The van der Waals surface area contributed by atoms with Gasteiger partial charge in [0.1, 0.15) is 11.6 Å². The molecule has 1 aromatic carbocycles. The normalized spacial score (nSPS) is 10.7. The van der Waals surface area contributed by atoms with Crippen molar-refractivity contribution in [3.8, 4) is 6.07 Å². The Morgan fingerprint density at radius 3 is 2.80 bits per heavy atom. The monoisotopic (exact) mass is 273 g/mol. The number of nitrogens with one attached hydrogen (secondary N) is 2. The highest BCUT2D eigenvalue weighted by Gasteiger charge is 2.07. The molecule has 0 aliphatic rings. The van der Waals surface area contributed by atoms with Crippen molar-refractivity contribution in [3.05, 3.63) is 47.7 Å². The highest BCUT2D eigenvalue weighted by Crippen LogP contribution is 1.98. The van der Waals surface area contributed by atoms with Gasteiger partial charge in [-0.25, -0.2) is 0 Å². The van der Waals surface area contributed by atoms with Crippen LogP contribution in [0.3, 0.4) is 0 Å². The number of nitriles is 1. The third kappa shape index (κ3) is 6.03. The quantitative estimate of drug-likeness (QED) is 0.426. The van der Waals surface area contributed by atoms with Crippen LogP contribution in [-0.4, -0.2) is 26.2 Å². The number of nitrogens with zero attached hydrogens (tertiary/aromatic N) is 1. The number of amides is 1. The number of carbonyl (C=O) groups excluding carboxylic acids is 1. The van der Waals surface area contributed by atoms with Gasteiger partial charge in [0.2, 0.25) is 0 Å². The molecular weight excluding hydrogens is 254 g/mol. The predicted molar refractivity (Wildman–Crippen MR) is 76.5 cm³/mol. The highest BCUT2D eigenvalue weighted by atomic mass is 16.5. The molecule has 1 rings (SSSR count). The lowest BCUT2D eigenvalue weighted by atomic mass is 10.2. The van der Waals surface area contributed by atoms with Gasteiger partial charge in [0.05, 0.1) is 0 Å². The fourth-order valence-corrected chi connectivity index (χ4v) is 1.53. The maximum atomic E-state index is 11.7. The third-order valence-corrected chi connectivity index (χ3v) is 2.57. The molecule has 20 heavy (non-hydrogen) atoms. The molecule has 0 saturated carbocycles. The van der Waals surface area contributed by atoms with Gasteiger partial charge in [-0.05, 0) is 12.0 Å². The molecule has 0 aromatic heterocycles. The molecule has 0 atom stereocenters. The zero-order chi connectivity index (χ0) is 14.6. The van der Waals surface area contributed by atoms with Crippen molar-refractivity contribution < 1.29 is 9.53 Å². The molecule has 2 N–H and O–H groups in total. The van der Waals surface area contributed by atoms with Gasteiger partial charge < -0.3 is 15.4 Å². The van der Waals surface area contributed by atoms with Crippen LogP contribution in [0.4, 0.5) is 0 Å². The van der Waals surface area contributed by atoms with E-state index in [4.69, 9.17) is 10.00 Å². The van der Waals surface area contributed by atoms with Gasteiger partial charge in [-0.1, -0.05) is 30.3 Å². The summed E-state index contributed by atoms with van der Waals surface area (Å²) in [5.41, 5.74) is 1.15. The number of hydrogen-bond donors (Lipinski definition) is 2. The van der Waals surface area contributed by atoms with Crippen LogP contribution in [0.25, 0.3) is 0 Å². The molecule has 0 unspecified atom stereocenters. The predicted octanol–water partition coefficient (Wildman–Crippen LogP) is 1.34. The van der Waals surface area contributed by atoms with Crippen LogP contribution in [0, 0.1) is 11.3 Å². The maximum absolute atomic E-state index is 11.7. The molecule has 5 nitrogen and oxygen atoms in total. The molecule has 0 saturated heterocycles. The van der Waals surface area contributed by atoms with Crippen LogP contribution in [0.1, 0.15) is 12.0 Å². The molecule has 0 bridgehead atoms. The third-order valence-electron chi connectivity index (χ3n) is 2.57. The lowest BCUT2D eigenvalue weighted by Gasteiger charge is -2.05. The van der Waals surface area contributed by atoms with Crippen molar-refractivity contribution >= 4 is 5.91 Å². The van der Waals surface area contributed by atoms with Crippen LogP contribution >= 0.6 is 0 Å². The van der Waals surface area contributed by atoms with Gasteiger partial charge in [0.15, 0.2) is 0 Å². The fraction of sp³-hybridized carbons (Fsp3) is 0.333. The smallest absolute Gasteiger partial charge is 0.263 e. The fourth-order valence-electron chi connectivity index (χ4n) is 1.53. The minimum Gasteiger partial charge on any atom is -0.386 e. The van der Waals surface area contributed by atoms with Crippen molar-refractivity contribution in [1.82, 2.24) is 10.6 Å². The Hall–Kier alpha value is -2.32. The molecule has 0 spiro atoms. The molecule has 0 radical (unpaired) electrons. The number of benzene rings is 1. The Bertz CT molecular complexity index is 478. The van der Waals surface area contributed by atoms with E-state index in [0.29, 0.717) is 19.7 Å². The van der Waals surface area contributed by atoms with Crippen molar-refractivity contribution in [1.29, 1.82) is 5.26 Å². The van der Waals surface area contributed by atoms with E-state index < -0.39 is 0 Å². The first-order valence-corrected chi connectivity index (χ1v) is 6.42. The summed E-state index contributed by atoms with van der Waals surface area (Å²) in [5, 5.41) is 14.6. The van der Waals surface area contributed by atoms with E-state index in [2.05, 4.69) is 10.6 Å². The van der Waals surface area contributed by atoms with E-state index in [1.807, 2.05) is 36.4 Å². The van der Waals surface area contributed by atoms with Crippen molar-refractivity contribution in [2.45, 2.75) is 13.0 Å². The van der Waals surface area contributed by atoms with Gasteiger partial charge in [-0.2, -0.15) is 5.26 Å². The van der Waals surface area contributed by atoms with Gasteiger partial charge in [-0.15, -0.1) is 0 Å².